The molecule has 0 aliphatic carbocycles. The maximum atomic E-state index is 12.5. The lowest BCUT2D eigenvalue weighted by atomic mass is 9.99. The van der Waals surface area contributed by atoms with E-state index < -0.39 is 24.2 Å². The predicted molar refractivity (Wildman–Crippen MR) is 71.2 cm³/mol. The summed E-state index contributed by atoms with van der Waals surface area (Å²) in [4.78, 5) is 12.7. The van der Waals surface area contributed by atoms with Crippen LogP contribution in [0.1, 0.15) is 40.0 Å². The minimum absolute atomic E-state index is 0.0220. The van der Waals surface area contributed by atoms with Gasteiger partial charge < -0.3 is 15.4 Å². The van der Waals surface area contributed by atoms with Crippen LogP contribution in [0.3, 0.4) is 0 Å². The summed E-state index contributed by atoms with van der Waals surface area (Å²) in [6.07, 6.45) is -3.62. The first-order valence-electron chi connectivity index (χ1n) is 6.76. The minimum atomic E-state index is -4.39. The molecule has 0 fully saturated rings. The number of hydrogen-bond acceptors (Lipinski definition) is 3. The number of rotatable bonds is 9. The third-order valence-corrected chi connectivity index (χ3v) is 2.63. The summed E-state index contributed by atoms with van der Waals surface area (Å²) >= 11 is 0. The Hall–Kier alpha value is -0.820. The smallest absolute Gasteiger partial charge is 0.382 e. The van der Waals surface area contributed by atoms with E-state index in [1.807, 2.05) is 6.92 Å². The van der Waals surface area contributed by atoms with Gasteiger partial charge in [-0.05, 0) is 33.6 Å². The fourth-order valence-electron chi connectivity index (χ4n) is 1.60. The molecule has 0 aromatic carbocycles. The van der Waals surface area contributed by atoms with Gasteiger partial charge in [-0.15, -0.1) is 0 Å². The van der Waals surface area contributed by atoms with E-state index in [-0.39, 0.29) is 13.0 Å². The molecule has 0 saturated carbocycles. The third-order valence-electron chi connectivity index (χ3n) is 2.63. The number of alkyl halides is 3. The molecule has 2 N–H and O–H groups in total. The molecule has 0 unspecified atom stereocenters. The van der Waals surface area contributed by atoms with Crippen LogP contribution in [-0.2, 0) is 9.53 Å². The molecule has 0 saturated heterocycles. The molecule has 0 aromatic heterocycles. The van der Waals surface area contributed by atoms with Gasteiger partial charge in [0.2, 0.25) is 5.91 Å². The molecule has 120 valence electrons. The van der Waals surface area contributed by atoms with Crippen LogP contribution < -0.4 is 5.73 Å². The normalized spacial score (nSPS) is 12.6. The summed E-state index contributed by atoms with van der Waals surface area (Å²) in [5, 5.41) is 0. The molecule has 0 aliphatic heterocycles. The Morgan fingerprint density at radius 3 is 2.35 bits per heavy atom. The highest BCUT2D eigenvalue weighted by Crippen LogP contribution is 2.18. The van der Waals surface area contributed by atoms with Gasteiger partial charge in [0.25, 0.3) is 0 Å². The van der Waals surface area contributed by atoms with E-state index in [9.17, 15) is 18.0 Å². The number of nitrogens with zero attached hydrogens (tertiary/aromatic N) is 1. The van der Waals surface area contributed by atoms with Crippen LogP contribution in [-0.4, -0.2) is 48.8 Å². The van der Waals surface area contributed by atoms with Crippen molar-refractivity contribution in [3.8, 4) is 0 Å². The monoisotopic (exact) mass is 298 g/mol. The van der Waals surface area contributed by atoms with Crippen molar-refractivity contribution in [1.82, 2.24) is 4.90 Å². The standard InChI is InChI=1S/C13H25F3N2O2/c1-4-20-9-5-8-18(10-13(14,15)16)11(19)6-7-12(2,3)17/h4-10,17H2,1-3H3. The summed E-state index contributed by atoms with van der Waals surface area (Å²) in [5.41, 5.74) is 5.17. The molecular weight excluding hydrogens is 273 g/mol. The van der Waals surface area contributed by atoms with Crippen molar-refractivity contribution in [3.63, 3.8) is 0 Å². The molecule has 0 bridgehead atoms. The number of carbonyl (C=O) groups excluding carboxylic acids is 1. The van der Waals surface area contributed by atoms with Crippen molar-refractivity contribution >= 4 is 5.91 Å². The Bertz CT molecular complexity index is 288. The SMILES string of the molecule is CCOCCCN(CC(F)(F)F)C(=O)CCC(C)(C)N. The second-order valence-electron chi connectivity index (χ2n) is 5.47. The Balaban J connectivity index is 4.38. The van der Waals surface area contributed by atoms with Crippen molar-refractivity contribution in [2.45, 2.75) is 51.7 Å². The Morgan fingerprint density at radius 2 is 1.90 bits per heavy atom. The fourth-order valence-corrected chi connectivity index (χ4v) is 1.60. The van der Waals surface area contributed by atoms with Crippen LogP contribution in [0.2, 0.25) is 0 Å². The third kappa shape index (κ3) is 11.0. The van der Waals surface area contributed by atoms with Gasteiger partial charge in [-0.25, -0.2) is 0 Å². The van der Waals surface area contributed by atoms with Crippen molar-refractivity contribution in [3.05, 3.63) is 0 Å². The second kappa shape index (κ2) is 8.46. The first-order chi connectivity index (χ1) is 9.05. The molecule has 1 amide bonds. The van der Waals surface area contributed by atoms with Gasteiger partial charge in [-0.3, -0.25) is 4.79 Å². The van der Waals surface area contributed by atoms with Gasteiger partial charge in [-0.2, -0.15) is 13.2 Å². The van der Waals surface area contributed by atoms with E-state index in [1.165, 1.54) is 0 Å². The molecule has 0 radical (unpaired) electrons. The molecule has 0 heterocycles. The maximum absolute atomic E-state index is 12.5. The second-order valence-corrected chi connectivity index (χ2v) is 5.47. The fraction of sp³-hybridized carbons (Fsp3) is 0.923. The van der Waals surface area contributed by atoms with Crippen molar-refractivity contribution in [2.24, 2.45) is 5.73 Å². The lowest BCUT2D eigenvalue weighted by molar-refractivity contribution is -0.161. The van der Waals surface area contributed by atoms with Gasteiger partial charge in [-0.1, -0.05) is 0 Å². The van der Waals surface area contributed by atoms with Gasteiger partial charge in [0.05, 0.1) is 0 Å². The number of carbonyl (C=O) groups is 1. The molecule has 0 atom stereocenters. The van der Waals surface area contributed by atoms with Gasteiger partial charge in [0, 0.05) is 31.7 Å². The number of nitrogens with two attached hydrogens (primary N) is 1. The Kier molecular flexibility index (Phi) is 8.12. The predicted octanol–water partition coefficient (Wildman–Crippen LogP) is 2.32. The minimum Gasteiger partial charge on any atom is -0.382 e. The highest BCUT2D eigenvalue weighted by atomic mass is 19.4. The summed E-state index contributed by atoms with van der Waals surface area (Å²) in [7, 11) is 0. The van der Waals surface area contributed by atoms with E-state index in [4.69, 9.17) is 10.5 Å². The zero-order chi connectivity index (χ0) is 15.8. The summed E-state index contributed by atoms with van der Waals surface area (Å²) in [6.45, 7) is 4.97. The molecule has 20 heavy (non-hydrogen) atoms. The largest absolute Gasteiger partial charge is 0.406 e. The molecule has 0 rings (SSSR count). The summed E-state index contributed by atoms with van der Waals surface area (Å²) < 4.78 is 42.5. The highest BCUT2D eigenvalue weighted by molar-refractivity contribution is 5.76. The van der Waals surface area contributed by atoms with Crippen LogP contribution in [0.4, 0.5) is 13.2 Å². The van der Waals surface area contributed by atoms with Crippen molar-refractivity contribution in [1.29, 1.82) is 0 Å². The first-order valence-corrected chi connectivity index (χ1v) is 6.76. The van der Waals surface area contributed by atoms with Crippen LogP contribution in [0, 0.1) is 0 Å². The van der Waals surface area contributed by atoms with Crippen LogP contribution in [0.5, 0.6) is 0 Å². The highest BCUT2D eigenvalue weighted by Gasteiger charge is 2.32. The quantitative estimate of drug-likeness (QED) is 0.665. The van der Waals surface area contributed by atoms with Crippen molar-refractivity contribution < 1.29 is 22.7 Å². The number of halogens is 3. The van der Waals surface area contributed by atoms with E-state index in [1.54, 1.807) is 13.8 Å². The van der Waals surface area contributed by atoms with Gasteiger partial charge in [0.15, 0.2) is 0 Å². The summed E-state index contributed by atoms with van der Waals surface area (Å²) in [6, 6.07) is 0. The van der Waals surface area contributed by atoms with Crippen molar-refractivity contribution in [2.75, 3.05) is 26.3 Å². The average Bonchev–Trinajstić information content (AvgIpc) is 2.27. The van der Waals surface area contributed by atoms with E-state index in [0.29, 0.717) is 26.1 Å². The van der Waals surface area contributed by atoms with E-state index in [0.717, 1.165) is 4.90 Å². The van der Waals surface area contributed by atoms with Crippen LogP contribution in [0.25, 0.3) is 0 Å². The number of amides is 1. The average molecular weight is 298 g/mol. The number of hydrogen-bond donors (Lipinski definition) is 1. The summed E-state index contributed by atoms with van der Waals surface area (Å²) in [5.74, 6) is -0.516. The first kappa shape index (κ1) is 19.2. The Morgan fingerprint density at radius 1 is 1.30 bits per heavy atom. The molecule has 7 heteroatoms. The number of ether oxygens (including phenoxy) is 1. The van der Waals surface area contributed by atoms with E-state index >= 15 is 0 Å². The maximum Gasteiger partial charge on any atom is 0.406 e. The zero-order valence-electron chi connectivity index (χ0n) is 12.4. The van der Waals surface area contributed by atoms with Crippen LogP contribution in [0.15, 0.2) is 0 Å². The van der Waals surface area contributed by atoms with E-state index in [2.05, 4.69) is 0 Å². The van der Waals surface area contributed by atoms with Gasteiger partial charge in [0.1, 0.15) is 6.54 Å². The molecular formula is C13H25F3N2O2. The zero-order valence-corrected chi connectivity index (χ0v) is 12.4. The molecule has 4 nitrogen and oxygen atoms in total. The van der Waals surface area contributed by atoms with Crippen LogP contribution >= 0.6 is 0 Å². The lowest BCUT2D eigenvalue weighted by Gasteiger charge is -2.26. The van der Waals surface area contributed by atoms with Gasteiger partial charge >= 0.3 is 6.18 Å². The lowest BCUT2D eigenvalue weighted by Crippen LogP contribution is -2.41. The Labute approximate surface area is 118 Å². The topological polar surface area (TPSA) is 55.6 Å². The molecule has 0 spiro atoms. The molecule has 0 aromatic rings. The molecule has 0 aliphatic rings.